The zero-order valence-electron chi connectivity index (χ0n) is 11.2. The number of ether oxygens (including phenoxy) is 1. The second kappa shape index (κ2) is 6.00. The van der Waals surface area contributed by atoms with Crippen LogP contribution in [-0.4, -0.2) is 35.3 Å². The SMILES string of the molecule is CCCNc1cncc(NCC2(C)CCCO2)n1. The second-order valence-electron chi connectivity index (χ2n) is 4.97. The van der Waals surface area contributed by atoms with E-state index in [1.807, 2.05) is 0 Å². The molecule has 1 aromatic rings. The van der Waals surface area contributed by atoms with E-state index in [-0.39, 0.29) is 5.60 Å². The number of anilines is 2. The Morgan fingerprint density at radius 2 is 2.11 bits per heavy atom. The fraction of sp³-hybridized carbons (Fsp3) is 0.692. The van der Waals surface area contributed by atoms with Crippen molar-refractivity contribution < 1.29 is 4.74 Å². The van der Waals surface area contributed by atoms with E-state index in [9.17, 15) is 0 Å². The van der Waals surface area contributed by atoms with Gasteiger partial charge in [0.1, 0.15) is 11.6 Å². The lowest BCUT2D eigenvalue weighted by atomic mass is 10.0. The van der Waals surface area contributed by atoms with Gasteiger partial charge < -0.3 is 15.4 Å². The standard InChI is InChI=1S/C13H22N4O/c1-3-6-15-11-8-14-9-12(17-11)16-10-13(2)5-4-7-18-13/h8-9H,3-7,10H2,1-2H3,(H2,15,16,17). The molecule has 5 nitrogen and oxygen atoms in total. The van der Waals surface area contributed by atoms with E-state index in [0.717, 1.165) is 50.6 Å². The summed E-state index contributed by atoms with van der Waals surface area (Å²) in [6.07, 6.45) is 6.80. The monoisotopic (exact) mass is 250 g/mol. The van der Waals surface area contributed by atoms with Gasteiger partial charge in [-0.3, -0.25) is 4.98 Å². The molecule has 5 heteroatoms. The summed E-state index contributed by atoms with van der Waals surface area (Å²) in [5.74, 6) is 1.62. The van der Waals surface area contributed by atoms with Gasteiger partial charge in [0.15, 0.2) is 0 Å². The Morgan fingerprint density at radius 1 is 1.33 bits per heavy atom. The normalized spacial score (nSPS) is 23.0. The summed E-state index contributed by atoms with van der Waals surface area (Å²) in [4.78, 5) is 8.64. The zero-order chi connectivity index (χ0) is 12.8. The molecule has 0 saturated carbocycles. The highest BCUT2D eigenvalue weighted by Crippen LogP contribution is 2.25. The Labute approximate surface area is 108 Å². The molecule has 0 aliphatic carbocycles. The maximum atomic E-state index is 5.73. The van der Waals surface area contributed by atoms with Crippen molar-refractivity contribution >= 4 is 11.6 Å². The zero-order valence-corrected chi connectivity index (χ0v) is 11.2. The van der Waals surface area contributed by atoms with Crippen molar-refractivity contribution in [2.45, 2.75) is 38.7 Å². The van der Waals surface area contributed by atoms with Crippen molar-refractivity contribution in [2.75, 3.05) is 30.3 Å². The molecule has 100 valence electrons. The van der Waals surface area contributed by atoms with Gasteiger partial charge in [0.05, 0.1) is 18.0 Å². The third kappa shape index (κ3) is 3.57. The molecule has 2 rings (SSSR count). The third-order valence-corrected chi connectivity index (χ3v) is 3.13. The van der Waals surface area contributed by atoms with Gasteiger partial charge in [-0.2, -0.15) is 0 Å². The number of aromatic nitrogens is 2. The van der Waals surface area contributed by atoms with Crippen LogP contribution in [0.4, 0.5) is 11.6 Å². The summed E-state index contributed by atoms with van der Waals surface area (Å²) in [7, 11) is 0. The maximum absolute atomic E-state index is 5.73. The first-order valence-corrected chi connectivity index (χ1v) is 6.66. The van der Waals surface area contributed by atoms with Crippen molar-refractivity contribution in [3.8, 4) is 0 Å². The Kier molecular flexibility index (Phi) is 4.36. The molecule has 1 atom stereocenters. The summed E-state index contributed by atoms with van der Waals surface area (Å²) in [6.45, 7) is 6.82. The van der Waals surface area contributed by atoms with Gasteiger partial charge in [-0.05, 0) is 26.2 Å². The van der Waals surface area contributed by atoms with Gasteiger partial charge in [-0.15, -0.1) is 0 Å². The maximum Gasteiger partial charge on any atom is 0.147 e. The summed E-state index contributed by atoms with van der Waals surface area (Å²) >= 11 is 0. The van der Waals surface area contributed by atoms with Crippen LogP contribution in [-0.2, 0) is 4.74 Å². The van der Waals surface area contributed by atoms with Crippen molar-refractivity contribution in [3.63, 3.8) is 0 Å². The molecule has 18 heavy (non-hydrogen) atoms. The van der Waals surface area contributed by atoms with Gasteiger partial charge in [-0.25, -0.2) is 4.98 Å². The van der Waals surface area contributed by atoms with E-state index in [0.29, 0.717) is 0 Å². The lowest BCUT2D eigenvalue weighted by molar-refractivity contribution is 0.0315. The van der Waals surface area contributed by atoms with Gasteiger partial charge >= 0.3 is 0 Å². The first-order valence-electron chi connectivity index (χ1n) is 6.66. The van der Waals surface area contributed by atoms with Crippen LogP contribution >= 0.6 is 0 Å². The fourth-order valence-corrected chi connectivity index (χ4v) is 2.04. The molecule has 2 heterocycles. The molecule has 1 aliphatic heterocycles. The Hall–Kier alpha value is -1.36. The highest BCUT2D eigenvalue weighted by atomic mass is 16.5. The lowest BCUT2D eigenvalue weighted by Gasteiger charge is -2.23. The Balaban J connectivity index is 1.88. The van der Waals surface area contributed by atoms with Gasteiger partial charge in [0.2, 0.25) is 0 Å². The number of rotatable bonds is 6. The average Bonchev–Trinajstić information content (AvgIpc) is 2.82. The molecule has 0 amide bonds. The number of nitrogens with zero attached hydrogens (tertiary/aromatic N) is 2. The second-order valence-corrected chi connectivity index (χ2v) is 4.97. The van der Waals surface area contributed by atoms with Crippen LogP contribution in [0.25, 0.3) is 0 Å². The largest absolute Gasteiger partial charge is 0.373 e. The molecule has 0 aromatic carbocycles. The van der Waals surface area contributed by atoms with Crippen molar-refractivity contribution in [3.05, 3.63) is 12.4 Å². The molecule has 0 bridgehead atoms. The van der Waals surface area contributed by atoms with Crippen LogP contribution in [0.1, 0.15) is 33.1 Å². The van der Waals surface area contributed by atoms with Crippen molar-refractivity contribution in [1.29, 1.82) is 0 Å². The van der Waals surface area contributed by atoms with Crippen LogP contribution in [0, 0.1) is 0 Å². The molecule has 0 radical (unpaired) electrons. The van der Waals surface area contributed by atoms with E-state index < -0.39 is 0 Å². The number of hydrogen-bond donors (Lipinski definition) is 2. The molecule has 1 fully saturated rings. The Morgan fingerprint density at radius 3 is 2.78 bits per heavy atom. The van der Waals surface area contributed by atoms with Crippen LogP contribution < -0.4 is 10.6 Å². The highest BCUT2D eigenvalue weighted by Gasteiger charge is 2.29. The smallest absolute Gasteiger partial charge is 0.147 e. The minimum atomic E-state index is -0.0610. The van der Waals surface area contributed by atoms with E-state index in [2.05, 4.69) is 34.4 Å². The van der Waals surface area contributed by atoms with Gasteiger partial charge in [0, 0.05) is 19.7 Å². The van der Waals surface area contributed by atoms with Crippen LogP contribution in [0.15, 0.2) is 12.4 Å². The molecule has 0 spiro atoms. The molecular formula is C13H22N4O. The third-order valence-electron chi connectivity index (χ3n) is 3.13. The molecule has 2 N–H and O–H groups in total. The molecular weight excluding hydrogens is 228 g/mol. The van der Waals surface area contributed by atoms with E-state index in [1.165, 1.54) is 0 Å². The van der Waals surface area contributed by atoms with Gasteiger partial charge in [-0.1, -0.05) is 6.92 Å². The van der Waals surface area contributed by atoms with Crippen LogP contribution in [0.2, 0.25) is 0 Å². The summed E-state index contributed by atoms with van der Waals surface area (Å²) < 4.78 is 5.73. The van der Waals surface area contributed by atoms with Crippen LogP contribution in [0.5, 0.6) is 0 Å². The molecule has 1 saturated heterocycles. The van der Waals surface area contributed by atoms with Crippen LogP contribution in [0.3, 0.4) is 0 Å². The predicted molar refractivity (Wildman–Crippen MR) is 72.9 cm³/mol. The summed E-state index contributed by atoms with van der Waals surface area (Å²) in [5, 5.41) is 6.53. The van der Waals surface area contributed by atoms with E-state index in [1.54, 1.807) is 12.4 Å². The Bertz CT molecular complexity index is 377. The van der Waals surface area contributed by atoms with E-state index >= 15 is 0 Å². The molecule has 1 unspecified atom stereocenters. The predicted octanol–water partition coefficient (Wildman–Crippen LogP) is 2.28. The lowest BCUT2D eigenvalue weighted by Crippen LogP contribution is -2.32. The van der Waals surface area contributed by atoms with Gasteiger partial charge in [0.25, 0.3) is 0 Å². The van der Waals surface area contributed by atoms with Crippen molar-refractivity contribution in [2.24, 2.45) is 0 Å². The summed E-state index contributed by atoms with van der Waals surface area (Å²) in [5.41, 5.74) is -0.0610. The molecule has 1 aromatic heterocycles. The first kappa shape index (κ1) is 13.1. The van der Waals surface area contributed by atoms with Crippen molar-refractivity contribution in [1.82, 2.24) is 9.97 Å². The minimum Gasteiger partial charge on any atom is -0.373 e. The quantitative estimate of drug-likeness (QED) is 0.811. The minimum absolute atomic E-state index is 0.0610. The van der Waals surface area contributed by atoms with E-state index in [4.69, 9.17) is 4.74 Å². The topological polar surface area (TPSA) is 59.1 Å². The summed E-state index contributed by atoms with van der Waals surface area (Å²) in [6, 6.07) is 0. The highest BCUT2D eigenvalue weighted by molar-refractivity contribution is 5.41. The fourth-order valence-electron chi connectivity index (χ4n) is 2.04. The molecule has 1 aliphatic rings. The first-order chi connectivity index (χ1) is 8.72. The number of nitrogens with one attached hydrogen (secondary N) is 2. The average molecular weight is 250 g/mol. The number of hydrogen-bond acceptors (Lipinski definition) is 5.